The zero-order valence-corrected chi connectivity index (χ0v) is 8.11. The second-order valence-electron chi connectivity index (χ2n) is 3.25. The third kappa shape index (κ3) is 6.42. The highest BCUT2D eigenvalue weighted by Crippen LogP contribution is 2.14. The average molecular weight is 203 g/mol. The molecule has 0 heterocycles. The van der Waals surface area contributed by atoms with E-state index in [0.717, 1.165) is 0 Å². The van der Waals surface area contributed by atoms with Gasteiger partial charge in [-0.15, -0.1) is 0 Å². The van der Waals surface area contributed by atoms with Crippen LogP contribution in [-0.2, 0) is 9.59 Å². The molecule has 0 aromatic carbocycles. The molecule has 0 saturated heterocycles. The third-order valence-electron chi connectivity index (χ3n) is 2.05. The summed E-state index contributed by atoms with van der Waals surface area (Å²) in [5, 5.41) is 17.2. The standard InChI is InChI=1S/C9H17NO4/c10-6-2-4-7(9(13)14)3-1-5-8(11)12/h7H,1-6,10H2,(H,11,12)(H,13,14). The zero-order valence-electron chi connectivity index (χ0n) is 8.11. The van der Waals surface area contributed by atoms with Crippen LogP contribution >= 0.6 is 0 Å². The molecule has 0 fully saturated rings. The summed E-state index contributed by atoms with van der Waals surface area (Å²) >= 11 is 0. The van der Waals surface area contributed by atoms with Crippen LogP contribution in [0.1, 0.15) is 32.1 Å². The van der Waals surface area contributed by atoms with Crippen LogP contribution in [0.4, 0.5) is 0 Å². The first kappa shape index (κ1) is 12.9. The summed E-state index contributed by atoms with van der Waals surface area (Å²) in [7, 11) is 0. The van der Waals surface area contributed by atoms with E-state index < -0.39 is 17.9 Å². The molecule has 0 amide bonds. The Balaban J connectivity index is 3.73. The number of hydrogen-bond donors (Lipinski definition) is 3. The van der Waals surface area contributed by atoms with Gasteiger partial charge in [-0.25, -0.2) is 0 Å². The van der Waals surface area contributed by atoms with E-state index >= 15 is 0 Å². The number of nitrogens with two attached hydrogens (primary N) is 1. The van der Waals surface area contributed by atoms with E-state index in [-0.39, 0.29) is 6.42 Å². The number of carboxylic acids is 2. The van der Waals surface area contributed by atoms with Crippen LogP contribution in [0.3, 0.4) is 0 Å². The lowest BCUT2D eigenvalue weighted by Crippen LogP contribution is -2.15. The maximum absolute atomic E-state index is 10.7. The molecule has 0 aliphatic heterocycles. The van der Waals surface area contributed by atoms with Crippen LogP contribution in [0.15, 0.2) is 0 Å². The quantitative estimate of drug-likeness (QED) is 0.538. The highest BCUT2D eigenvalue weighted by Gasteiger charge is 2.16. The molecule has 4 N–H and O–H groups in total. The number of carbonyl (C=O) groups is 2. The molecule has 0 aliphatic rings. The smallest absolute Gasteiger partial charge is 0.306 e. The molecule has 0 rings (SSSR count). The van der Waals surface area contributed by atoms with Gasteiger partial charge in [-0.3, -0.25) is 9.59 Å². The molecular formula is C9H17NO4. The van der Waals surface area contributed by atoms with Crippen molar-refractivity contribution in [2.45, 2.75) is 32.1 Å². The second kappa shape index (κ2) is 7.32. The van der Waals surface area contributed by atoms with Gasteiger partial charge in [-0.2, -0.15) is 0 Å². The Morgan fingerprint density at radius 1 is 1.14 bits per heavy atom. The molecule has 0 aromatic heterocycles. The Morgan fingerprint density at radius 3 is 2.14 bits per heavy atom. The molecule has 5 nitrogen and oxygen atoms in total. The molecule has 0 aliphatic carbocycles. The van der Waals surface area contributed by atoms with E-state index in [0.29, 0.717) is 32.2 Å². The summed E-state index contributed by atoms with van der Waals surface area (Å²) in [4.78, 5) is 20.9. The van der Waals surface area contributed by atoms with Crippen molar-refractivity contribution in [2.75, 3.05) is 6.54 Å². The minimum atomic E-state index is -0.882. The van der Waals surface area contributed by atoms with Crippen molar-refractivity contribution >= 4 is 11.9 Å². The van der Waals surface area contributed by atoms with Crippen LogP contribution in [-0.4, -0.2) is 28.7 Å². The van der Waals surface area contributed by atoms with Gasteiger partial charge in [-0.1, -0.05) is 0 Å². The first-order valence-corrected chi connectivity index (χ1v) is 4.72. The van der Waals surface area contributed by atoms with Crippen LogP contribution in [0, 0.1) is 5.92 Å². The Morgan fingerprint density at radius 2 is 1.71 bits per heavy atom. The van der Waals surface area contributed by atoms with Crippen molar-refractivity contribution in [1.82, 2.24) is 0 Å². The van der Waals surface area contributed by atoms with Gasteiger partial charge < -0.3 is 15.9 Å². The lowest BCUT2D eigenvalue weighted by atomic mass is 9.97. The zero-order chi connectivity index (χ0) is 11.0. The largest absolute Gasteiger partial charge is 0.481 e. The molecule has 82 valence electrons. The van der Waals surface area contributed by atoms with Crippen molar-refractivity contribution in [3.05, 3.63) is 0 Å². The predicted molar refractivity (Wildman–Crippen MR) is 50.9 cm³/mol. The molecule has 1 unspecified atom stereocenters. The second-order valence-corrected chi connectivity index (χ2v) is 3.25. The lowest BCUT2D eigenvalue weighted by Gasteiger charge is -2.10. The first-order valence-electron chi connectivity index (χ1n) is 4.72. The Labute approximate surface area is 82.9 Å². The fourth-order valence-electron chi connectivity index (χ4n) is 1.26. The number of rotatable bonds is 8. The normalized spacial score (nSPS) is 12.4. The van der Waals surface area contributed by atoms with Crippen molar-refractivity contribution in [2.24, 2.45) is 11.7 Å². The molecule has 0 saturated carbocycles. The lowest BCUT2D eigenvalue weighted by molar-refractivity contribution is -0.143. The van der Waals surface area contributed by atoms with Gasteiger partial charge in [0.1, 0.15) is 0 Å². The highest BCUT2D eigenvalue weighted by molar-refractivity contribution is 5.70. The maximum atomic E-state index is 10.7. The molecule has 0 radical (unpaired) electrons. The maximum Gasteiger partial charge on any atom is 0.306 e. The molecule has 0 bridgehead atoms. The van der Waals surface area contributed by atoms with Crippen LogP contribution in [0.25, 0.3) is 0 Å². The Hall–Kier alpha value is -1.10. The highest BCUT2D eigenvalue weighted by atomic mass is 16.4. The van der Waals surface area contributed by atoms with E-state index in [1.54, 1.807) is 0 Å². The third-order valence-corrected chi connectivity index (χ3v) is 2.05. The summed E-state index contributed by atoms with van der Waals surface area (Å²) in [5.74, 6) is -2.19. The summed E-state index contributed by atoms with van der Waals surface area (Å²) in [6.07, 6.45) is 2.07. The summed E-state index contributed by atoms with van der Waals surface area (Å²) < 4.78 is 0. The molecule has 5 heteroatoms. The number of carboxylic acid groups (broad SMARTS) is 2. The molecule has 0 spiro atoms. The van der Waals surface area contributed by atoms with E-state index in [1.807, 2.05) is 0 Å². The molecule has 0 aromatic rings. The van der Waals surface area contributed by atoms with E-state index in [1.165, 1.54) is 0 Å². The van der Waals surface area contributed by atoms with Crippen molar-refractivity contribution in [3.8, 4) is 0 Å². The van der Waals surface area contributed by atoms with Crippen molar-refractivity contribution < 1.29 is 19.8 Å². The number of aliphatic carboxylic acids is 2. The van der Waals surface area contributed by atoms with Crippen LogP contribution < -0.4 is 5.73 Å². The minimum absolute atomic E-state index is 0.0341. The van der Waals surface area contributed by atoms with Crippen molar-refractivity contribution in [3.63, 3.8) is 0 Å². The van der Waals surface area contributed by atoms with Gasteiger partial charge in [0.2, 0.25) is 0 Å². The van der Waals surface area contributed by atoms with Crippen LogP contribution in [0.2, 0.25) is 0 Å². The van der Waals surface area contributed by atoms with Crippen LogP contribution in [0.5, 0.6) is 0 Å². The van der Waals surface area contributed by atoms with Gasteiger partial charge in [0.05, 0.1) is 5.92 Å². The van der Waals surface area contributed by atoms with E-state index in [9.17, 15) is 9.59 Å². The van der Waals surface area contributed by atoms with Gasteiger partial charge in [0.25, 0.3) is 0 Å². The summed E-state index contributed by atoms with van der Waals surface area (Å²) in [6.45, 7) is 0.475. The molecule has 1 atom stereocenters. The first-order chi connectivity index (χ1) is 6.57. The molecular weight excluding hydrogens is 186 g/mol. The fourth-order valence-corrected chi connectivity index (χ4v) is 1.26. The monoisotopic (exact) mass is 203 g/mol. The fraction of sp³-hybridized carbons (Fsp3) is 0.778. The van der Waals surface area contributed by atoms with Gasteiger partial charge in [0.15, 0.2) is 0 Å². The topological polar surface area (TPSA) is 101 Å². The van der Waals surface area contributed by atoms with Crippen molar-refractivity contribution in [1.29, 1.82) is 0 Å². The van der Waals surface area contributed by atoms with E-state index in [2.05, 4.69) is 0 Å². The Kier molecular flexibility index (Phi) is 6.74. The van der Waals surface area contributed by atoms with E-state index in [4.69, 9.17) is 15.9 Å². The Bertz CT molecular complexity index is 193. The van der Waals surface area contributed by atoms with Gasteiger partial charge in [0, 0.05) is 6.42 Å². The average Bonchev–Trinajstić information content (AvgIpc) is 2.09. The summed E-state index contributed by atoms with van der Waals surface area (Å²) in [5.41, 5.74) is 5.27. The number of hydrogen-bond acceptors (Lipinski definition) is 3. The summed E-state index contributed by atoms with van der Waals surface area (Å²) in [6, 6.07) is 0. The van der Waals surface area contributed by atoms with Gasteiger partial charge >= 0.3 is 11.9 Å². The predicted octanol–water partition coefficient (Wildman–Crippen LogP) is 0.681. The van der Waals surface area contributed by atoms with Gasteiger partial charge in [-0.05, 0) is 32.2 Å². The molecule has 14 heavy (non-hydrogen) atoms. The SMILES string of the molecule is NCCCC(CCCC(=O)O)C(=O)O. The minimum Gasteiger partial charge on any atom is -0.481 e.